The molecule has 7 heteroatoms. The van der Waals surface area contributed by atoms with Crippen LogP contribution in [0.25, 0.3) is 10.9 Å². The van der Waals surface area contributed by atoms with E-state index in [2.05, 4.69) is 4.98 Å². The highest BCUT2D eigenvalue weighted by Gasteiger charge is 2.38. The number of fused-ring (bicyclic) bond motifs is 2. The molecule has 2 aliphatic rings. The van der Waals surface area contributed by atoms with E-state index < -0.39 is 15.5 Å². The number of rotatable bonds is 6. The second-order valence-corrected chi connectivity index (χ2v) is 12.6. The maximum Gasteiger partial charge on any atom is 0.343 e. The van der Waals surface area contributed by atoms with Gasteiger partial charge in [0.2, 0.25) is 0 Å². The largest absolute Gasteiger partial charge is 0.507 e. The van der Waals surface area contributed by atoms with E-state index in [-0.39, 0.29) is 28.4 Å². The molecule has 0 bridgehead atoms. The number of aryl methyl sites for hydroxylation is 1. The Kier molecular flexibility index (Phi) is 6.56. The van der Waals surface area contributed by atoms with Crippen LogP contribution in [-0.2, 0) is 28.4 Å². The fourth-order valence-corrected chi connectivity index (χ4v) is 7.07. The minimum Gasteiger partial charge on any atom is -0.507 e. The van der Waals surface area contributed by atoms with Crippen molar-refractivity contribution in [1.29, 1.82) is 0 Å². The predicted octanol–water partition coefficient (Wildman–Crippen LogP) is 6.07. The molecule has 0 spiro atoms. The van der Waals surface area contributed by atoms with E-state index in [1.807, 2.05) is 36.4 Å². The summed E-state index contributed by atoms with van der Waals surface area (Å²) in [6.45, 7) is 0. The molecule has 1 atom stereocenters. The molecule has 1 N–H and O–H groups in total. The Hall–Kier alpha value is -3.45. The SMILES string of the molecule is O=c1oc2c(c(O)c1C(c1cccc(CS(=O)(=O)c3ccc4ccccc4n3)c1)C1CC1)CCCCCC2. The summed E-state index contributed by atoms with van der Waals surface area (Å²) in [5, 5.41) is 12.3. The van der Waals surface area contributed by atoms with Crippen LogP contribution in [-0.4, -0.2) is 18.5 Å². The maximum atomic E-state index is 13.3. The summed E-state index contributed by atoms with van der Waals surface area (Å²) >= 11 is 0. The van der Waals surface area contributed by atoms with Crippen LogP contribution in [0.4, 0.5) is 0 Å². The third-order valence-corrected chi connectivity index (χ3v) is 9.43. The molecule has 1 fully saturated rings. The molecule has 1 saturated carbocycles. The number of benzene rings is 2. The molecule has 0 amide bonds. The molecule has 2 aromatic heterocycles. The minimum absolute atomic E-state index is 0.0419. The van der Waals surface area contributed by atoms with Gasteiger partial charge in [0, 0.05) is 23.3 Å². The summed E-state index contributed by atoms with van der Waals surface area (Å²) in [5.74, 6) is 0.378. The molecular weight excluding hydrogens is 498 g/mol. The van der Waals surface area contributed by atoms with E-state index in [1.54, 1.807) is 24.3 Å². The van der Waals surface area contributed by atoms with Crippen molar-refractivity contribution in [1.82, 2.24) is 4.98 Å². The van der Waals surface area contributed by atoms with Crippen molar-refractivity contribution in [2.75, 3.05) is 0 Å². The Morgan fingerprint density at radius 2 is 1.74 bits per heavy atom. The molecule has 38 heavy (non-hydrogen) atoms. The highest BCUT2D eigenvalue weighted by molar-refractivity contribution is 7.90. The summed E-state index contributed by atoms with van der Waals surface area (Å²) in [4.78, 5) is 17.6. The molecule has 0 radical (unpaired) electrons. The van der Waals surface area contributed by atoms with Gasteiger partial charge in [-0.05, 0) is 67.3 Å². The van der Waals surface area contributed by atoms with Crippen LogP contribution in [0.5, 0.6) is 5.75 Å². The van der Waals surface area contributed by atoms with Crippen molar-refractivity contribution < 1.29 is 17.9 Å². The number of para-hydroxylation sites is 1. The van der Waals surface area contributed by atoms with Gasteiger partial charge in [0.05, 0.1) is 16.8 Å². The minimum atomic E-state index is -3.69. The van der Waals surface area contributed by atoms with Crippen LogP contribution in [0, 0.1) is 5.92 Å². The van der Waals surface area contributed by atoms with Crippen LogP contribution >= 0.6 is 0 Å². The van der Waals surface area contributed by atoms with Gasteiger partial charge in [0.15, 0.2) is 14.9 Å². The zero-order valence-electron chi connectivity index (χ0n) is 21.2. The quantitative estimate of drug-likeness (QED) is 0.326. The van der Waals surface area contributed by atoms with Crippen molar-refractivity contribution in [2.24, 2.45) is 5.92 Å². The topological polar surface area (TPSA) is 97.5 Å². The second-order valence-electron chi connectivity index (χ2n) is 10.6. The van der Waals surface area contributed by atoms with E-state index in [0.717, 1.165) is 55.0 Å². The number of pyridine rings is 1. The second kappa shape index (κ2) is 10.0. The van der Waals surface area contributed by atoms with Gasteiger partial charge in [-0.15, -0.1) is 0 Å². The first-order chi connectivity index (χ1) is 18.4. The van der Waals surface area contributed by atoms with Gasteiger partial charge in [-0.1, -0.05) is 55.3 Å². The van der Waals surface area contributed by atoms with E-state index in [0.29, 0.717) is 35.2 Å². The number of hydrogen-bond donors (Lipinski definition) is 1. The number of sulfone groups is 1. The van der Waals surface area contributed by atoms with E-state index >= 15 is 0 Å². The highest BCUT2D eigenvalue weighted by atomic mass is 32.2. The smallest absolute Gasteiger partial charge is 0.343 e. The van der Waals surface area contributed by atoms with Crippen LogP contribution in [0.1, 0.15) is 72.5 Å². The summed E-state index contributed by atoms with van der Waals surface area (Å²) in [7, 11) is -3.69. The van der Waals surface area contributed by atoms with Gasteiger partial charge in [-0.2, -0.15) is 0 Å². The molecule has 0 aliphatic heterocycles. The Balaban J connectivity index is 1.36. The molecule has 0 saturated heterocycles. The average Bonchev–Trinajstić information content (AvgIpc) is 3.72. The lowest BCUT2D eigenvalue weighted by Crippen LogP contribution is -2.19. The predicted molar refractivity (Wildman–Crippen MR) is 146 cm³/mol. The third kappa shape index (κ3) is 4.87. The van der Waals surface area contributed by atoms with Gasteiger partial charge in [-0.3, -0.25) is 0 Å². The normalized spacial score (nSPS) is 16.9. The Bertz CT molecular complexity index is 1670. The fourth-order valence-electron chi connectivity index (χ4n) is 5.79. The summed E-state index contributed by atoms with van der Waals surface area (Å²) in [5.41, 5.74) is 2.71. The zero-order valence-corrected chi connectivity index (χ0v) is 22.0. The van der Waals surface area contributed by atoms with Crippen molar-refractivity contribution in [3.05, 3.63) is 99.1 Å². The maximum absolute atomic E-state index is 13.3. The number of aromatic hydroxyl groups is 1. The molecule has 2 aromatic carbocycles. The molecule has 196 valence electrons. The van der Waals surface area contributed by atoms with Crippen LogP contribution in [0.15, 0.2) is 74.9 Å². The first kappa shape index (κ1) is 24.9. The standard InChI is InChI=1S/C31H31NO5S/c33-30-24-11-3-1-2-4-13-26(24)37-31(34)29(30)28(22-14-15-22)23-10-7-8-20(18-23)19-38(35,36)27-17-16-21-9-5-6-12-25(21)32-27/h5-10,12,16-18,22,28,33H,1-4,11,13-15,19H2. The molecule has 1 unspecified atom stereocenters. The Labute approximate surface area is 222 Å². The van der Waals surface area contributed by atoms with Gasteiger partial charge >= 0.3 is 5.63 Å². The third-order valence-electron chi connectivity index (χ3n) is 7.86. The van der Waals surface area contributed by atoms with Gasteiger partial charge in [0.25, 0.3) is 0 Å². The first-order valence-corrected chi connectivity index (χ1v) is 15.1. The van der Waals surface area contributed by atoms with Crippen molar-refractivity contribution in [2.45, 2.75) is 68.1 Å². The van der Waals surface area contributed by atoms with Gasteiger partial charge in [-0.25, -0.2) is 18.2 Å². The molecular formula is C31H31NO5S. The molecule has 2 heterocycles. The summed E-state index contributed by atoms with van der Waals surface area (Å²) in [6, 6.07) is 18.1. The highest BCUT2D eigenvalue weighted by Crippen LogP contribution is 2.48. The van der Waals surface area contributed by atoms with Gasteiger partial charge < -0.3 is 9.52 Å². The van der Waals surface area contributed by atoms with Gasteiger partial charge in [0.1, 0.15) is 11.5 Å². The summed E-state index contributed by atoms with van der Waals surface area (Å²) in [6.07, 6.45) is 7.37. The van der Waals surface area contributed by atoms with Crippen LogP contribution in [0.3, 0.4) is 0 Å². The van der Waals surface area contributed by atoms with E-state index in [1.165, 1.54) is 0 Å². The monoisotopic (exact) mass is 529 g/mol. The fraction of sp³-hybridized carbons (Fsp3) is 0.355. The molecule has 2 aliphatic carbocycles. The lowest BCUT2D eigenvalue weighted by Gasteiger charge is -2.22. The first-order valence-electron chi connectivity index (χ1n) is 13.5. The molecule has 6 rings (SSSR count). The van der Waals surface area contributed by atoms with Crippen molar-refractivity contribution in [3.8, 4) is 5.75 Å². The average molecular weight is 530 g/mol. The number of nitrogens with zero attached hydrogens (tertiary/aromatic N) is 1. The van der Waals surface area contributed by atoms with Crippen LogP contribution < -0.4 is 5.63 Å². The van der Waals surface area contributed by atoms with E-state index in [4.69, 9.17) is 4.42 Å². The lowest BCUT2D eigenvalue weighted by molar-refractivity contribution is 0.382. The van der Waals surface area contributed by atoms with E-state index in [9.17, 15) is 18.3 Å². The van der Waals surface area contributed by atoms with Crippen molar-refractivity contribution in [3.63, 3.8) is 0 Å². The number of aromatic nitrogens is 1. The van der Waals surface area contributed by atoms with Crippen molar-refractivity contribution >= 4 is 20.7 Å². The zero-order chi connectivity index (χ0) is 26.3. The van der Waals surface area contributed by atoms with Crippen LogP contribution in [0.2, 0.25) is 0 Å². The molecule has 4 aromatic rings. The number of hydrogen-bond acceptors (Lipinski definition) is 6. The summed E-state index contributed by atoms with van der Waals surface area (Å²) < 4.78 is 32.4. The lowest BCUT2D eigenvalue weighted by atomic mass is 9.85. The molecule has 6 nitrogen and oxygen atoms in total. The Morgan fingerprint density at radius 1 is 0.947 bits per heavy atom. The Morgan fingerprint density at radius 3 is 2.55 bits per heavy atom.